The largest absolute Gasteiger partial charge is 0.408 e. The zero-order valence-electron chi connectivity index (χ0n) is 7.59. The summed E-state index contributed by atoms with van der Waals surface area (Å²) in [6, 6.07) is 0. The van der Waals surface area contributed by atoms with Gasteiger partial charge in [-0.25, -0.2) is 0 Å². The average molecular weight is 207 g/mol. The molecule has 0 amide bonds. The Kier molecular flexibility index (Phi) is 3.51. The highest BCUT2D eigenvalue weighted by molar-refractivity contribution is 5.03. The van der Waals surface area contributed by atoms with Crippen molar-refractivity contribution in [2.24, 2.45) is 5.73 Å². The highest BCUT2D eigenvalue weighted by atomic mass is 19.4. The minimum Gasteiger partial charge on any atom is -0.330 e. The van der Waals surface area contributed by atoms with Crippen molar-refractivity contribution in [3.8, 4) is 0 Å². The number of alkyl halides is 3. The molecule has 0 fully saturated rings. The third-order valence-corrected chi connectivity index (χ3v) is 1.70. The summed E-state index contributed by atoms with van der Waals surface area (Å²) in [6.07, 6.45) is 0.0772. The van der Waals surface area contributed by atoms with Gasteiger partial charge in [0.25, 0.3) is 0 Å². The fourth-order valence-corrected chi connectivity index (χ4v) is 1.11. The van der Waals surface area contributed by atoms with Crippen LogP contribution < -0.4 is 5.73 Å². The lowest BCUT2D eigenvalue weighted by Crippen LogP contribution is -2.17. The van der Waals surface area contributed by atoms with E-state index in [-0.39, 0.29) is 0 Å². The van der Waals surface area contributed by atoms with Crippen LogP contribution in [0.15, 0.2) is 12.4 Å². The maximum Gasteiger partial charge on any atom is 0.408 e. The minimum absolute atomic E-state index is 0.532. The highest BCUT2D eigenvalue weighted by Gasteiger charge is 2.28. The summed E-state index contributed by atoms with van der Waals surface area (Å²) in [5.41, 5.74) is 6.07. The topological polar surface area (TPSA) is 43.8 Å². The van der Waals surface area contributed by atoms with Crippen LogP contribution in [0.4, 0.5) is 13.2 Å². The SMILES string of the molecule is NCCCc1cnn(CC(F)(F)F)c1. The third kappa shape index (κ3) is 3.78. The van der Waals surface area contributed by atoms with Crippen LogP contribution in [0.25, 0.3) is 0 Å². The van der Waals surface area contributed by atoms with Crippen molar-refractivity contribution in [2.45, 2.75) is 25.6 Å². The Hall–Kier alpha value is -1.04. The Morgan fingerprint density at radius 2 is 2.14 bits per heavy atom. The van der Waals surface area contributed by atoms with Gasteiger partial charge in [0.2, 0.25) is 0 Å². The van der Waals surface area contributed by atoms with E-state index in [0.717, 1.165) is 16.7 Å². The van der Waals surface area contributed by atoms with Gasteiger partial charge < -0.3 is 5.73 Å². The molecule has 3 nitrogen and oxygen atoms in total. The molecule has 6 heteroatoms. The molecule has 1 aromatic rings. The Morgan fingerprint density at radius 3 is 2.71 bits per heavy atom. The van der Waals surface area contributed by atoms with Crippen molar-refractivity contribution in [3.05, 3.63) is 18.0 Å². The quantitative estimate of drug-likeness (QED) is 0.809. The Bertz CT molecular complexity index is 280. The second kappa shape index (κ2) is 4.45. The maximum atomic E-state index is 11.9. The molecule has 0 aliphatic rings. The predicted molar refractivity (Wildman–Crippen MR) is 45.7 cm³/mol. The van der Waals surface area contributed by atoms with Crippen molar-refractivity contribution in [1.29, 1.82) is 0 Å². The van der Waals surface area contributed by atoms with Crippen molar-refractivity contribution >= 4 is 0 Å². The first-order valence-corrected chi connectivity index (χ1v) is 4.29. The van der Waals surface area contributed by atoms with Crippen LogP contribution in [0.5, 0.6) is 0 Å². The fourth-order valence-electron chi connectivity index (χ4n) is 1.11. The summed E-state index contributed by atoms with van der Waals surface area (Å²) in [7, 11) is 0. The molecule has 80 valence electrons. The Balaban J connectivity index is 2.51. The van der Waals surface area contributed by atoms with Crippen LogP contribution >= 0.6 is 0 Å². The van der Waals surface area contributed by atoms with E-state index in [4.69, 9.17) is 5.73 Å². The molecule has 0 saturated carbocycles. The van der Waals surface area contributed by atoms with Gasteiger partial charge in [0.1, 0.15) is 6.54 Å². The van der Waals surface area contributed by atoms with Gasteiger partial charge >= 0.3 is 6.18 Å². The molecule has 0 radical (unpaired) electrons. The number of aromatic nitrogens is 2. The van der Waals surface area contributed by atoms with E-state index in [1.54, 1.807) is 0 Å². The van der Waals surface area contributed by atoms with Gasteiger partial charge in [0, 0.05) is 6.20 Å². The molecule has 0 aliphatic heterocycles. The molecule has 1 aromatic heterocycles. The minimum atomic E-state index is -4.21. The summed E-state index contributed by atoms with van der Waals surface area (Å²) < 4.78 is 36.7. The summed E-state index contributed by atoms with van der Waals surface area (Å²) >= 11 is 0. The summed E-state index contributed by atoms with van der Waals surface area (Å²) in [6.45, 7) is -0.500. The van der Waals surface area contributed by atoms with Crippen molar-refractivity contribution < 1.29 is 13.2 Å². The first-order chi connectivity index (χ1) is 6.51. The van der Waals surface area contributed by atoms with Crippen LogP contribution in [0.2, 0.25) is 0 Å². The number of hydrogen-bond acceptors (Lipinski definition) is 2. The van der Waals surface area contributed by atoms with Gasteiger partial charge in [0.15, 0.2) is 0 Å². The monoisotopic (exact) mass is 207 g/mol. The lowest BCUT2D eigenvalue weighted by molar-refractivity contribution is -0.142. The Labute approximate surface area is 79.7 Å². The van der Waals surface area contributed by atoms with Crippen molar-refractivity contribution in [1.82, 2.24) is 9.78 Å². The molecule has 1 heterocycles. The number of nitrogens with zero attached hydrogens (tertiary/aromatic N) is 2. The molecule has 0 unspecified atom stereocenters. The zero-order chi connectivity index (χ0) is 10.6. The van der Waals surface area contributed by atoms with Crippen LogP contribution in [-0.4, -0.2) is 22.5 Å². The molecule has 0 atom stereocenters. The van der Waals surface area contributed by atoms with Gasteiger partial charge in [-0.05, 0) is 24.9 Å². The number of nitrogens with two attached hydrogens (primary N) is 1. The molecule has 1 rings (SSSR count). The highest BCUT2D eigenvalue weighted by Crippen LogP contribution is 2.17. The normalized spacial score (nSPS) is 12.0. The van der Waals surface area contributed by atoms with Crippen LogP contribution in [0, 0.1) is 0 Å². The molecule has 0 saturated heterocycles. The Morgan fingerprint density at radius 1 is 1.43 bits per heavy atom. The van der Waals surface area contributed by atoms with E-state index in [0.29, 0.717) is 13.0 Å². The molecular formula is C8H12F3N3. The first-order valence-electron chi connectivity index (χ1n) is 4.29. The fraction of sp³-hybridized carbons (Fsp3) is 0.625. The molecular weight excluding hydrogens is 195 g/mol. The van der Waals surface area contributed by atoms with Crippen LogP contribution in [0.1, 0.15) is 12.0 Å². The number of aryl methyl sites for hydroxylation is 1. The van der Waals surface area contributed by atoms with E-state index in [1.807, 2.05) is 0 Å². The van der Waals surface area contributed by atoms with Gasteiger partial charge in [-0.3, -0.25) is 4.68 Å². The van der Waals surface area contributed by atoms with Crippen molar-refractivity contribution in [3.63, 3.8) is 0 Å². The second-order valence-corrected chi connectivity index (χ2v) is 3.05. The molecule has 0 aliphatic carbocycles. The molecule has 0 bridgehead atoms. The number of halogens is 3. The van der Waals surface area contributed by atoms with E-state index < -0.39 is 12.7 Å². The van der Waals surface area contributed by atoms with E-state index in [1.165, 1.54) is 12.4 Å². The van der Waals surface area contributed by atoms with E-state index in [9.17, 15) is 13.2 Å². The number of hydrogen-bond donors (Lipinski definition) is 1. The molecule has 2 N–H and O–H groups in total. The summed E-state index contributed by atoms with van der Waals surface area (Å²) in [5, 5.41) is 3.61. The van der Waals surface area contributed by atoms with Crippen LogP contribution in [0.3, 0.4) is 0 Å². The smallest absolute Gasteiger partial charge is 0.330 e. The summed E-state index contributed by atoms with van der Waals surface area (Å²) in [5.74, 6) is 0. The van der Waals surface area contributed by atoms with E-state index in [2.05, 4.69) is 5.10 Å². The maximum absolute atomic E-state index is 11.9. The number of rotatable bonds is 4. The molecule has 14 heavy (non-hydrogen) atoms. The first kappa shape index (κ1) is 11.0. The van der Waals surface area contributed by atoms with Crippen molar-refractivity contribution in [2.75, 3.05) is 6.54 Å². The molecule has 0 aromatic carbocycles. The van der Waals surface area contributed by atoms with Gasteiger partial charge in [-0.1, -0.05) is 0 Å². The van der Waals surface area contributed by atoms with Gasteiger partial charge in [0.05, 0.1) is 6.20 Å². The standard InChI is InChI=1S/C8H12F3N3/c9-8(10,11)6-14-5-7(4-13-14)2-1-3-12/h4-5H,1-3,6,12H2. The van der Waals surface area contributed by atoms with E-state index >= 15 is 0 Å². The lowest BCUT2D eigenvalue weighted by atomic mass is 10.2. The average Bonchev–Trinajstić information content (AvgIpc) is 2.46. The second-order valence-electron chi connectivity index (χ2n) is 3.05. The molecule has 0 spiro atoms. The van der Waals surface area contributed by atoms with Gasteiger partial charge in [-0.15, -0.1) is 0 Å². The third-order valence-electron chi connectivity index (χ3n) is 1.70. The summed E-state index contributed by atoms with van der Waals surface area (Å²) in [4.78, 5) is 0. The van der Waals surface area contributed by atoms with Gasteiger partial charge in [-0.2, -0.15) is 18.3 Å². The van der Waals surface area contributed by atoms with Crippen LogP contribution in [-0.2, 0) is 13.0 Å². The lowest BCUT2D eigenvalue weighted by Gasteiger charge is -2.04. The zero-order valence-corrected chi connectivity index (χ0v) is 7.59. The predicted octanol–water partition coefficient (Wildman–Crippen LogP) is 1.34.